The second-order valence-corrected chi connectivity index (χ2v) is 16.4. The Balaban J connectivity index is 0.000000839. The van der Waals surface area contributed by atoms with Crippen LogP contribution in [-0.2, 0) is 32.7 Å². The minimum atomic E-state index is -5.19. The first-order chi connectivity index (χ1) is 27.3. The number of nitrogens with two attached hydrogens (primary N) is 1. The number of primary amides is 1. The summed E-state index contributed by atoms with van der Waals surface area (Å²) in [5.41, 5.74) is 8.48. The normalized spacial score (nSPS) is 17.3. The van der Waals surface area contributed by atoms with Crippen molar-refractivity contribution in [2.24, 2.45) is 5.73 Å². The van der Waals surface area contributed by atoms with Crippen molar-refractivity contribution < 1.29 is 63.8 Å². The molecule has 3 heterocycles. The van der Waals surface area contributed by atoms with Crippen molar-refractivity contribution in [1.82, 2.24) is 10.1 Å². The molecule has 2 aromatic heterocycles. The number of benzene rings is 3. The summed E-state index contributed by atoms with van der Waals surface area (Å²) in [6.45, 7) is 1.93. The molecule has 0 aliphatic carbocycles. The third-order valence-electron chi connectivity index (χ3n) is 9.08. The van der Waals surface area contributed by atoms with E-state index in [4.69, 9.17) is 24.3 Å². The smallest absolute Gasteiger partial charge is 0.430 e. The Kier molecular flexibility index (Phi) is 13.4. The fraction of sp³-hybridized carbons (Fsp3) is 0.263. The molecule has 20 heteroatoms. The molecule has 1 fully saturated rings. The van der Waals surface area contributed by atoms with Crippen LogP contribution in [0.25, 0.3) is 10.6 Å². The number of thiophene rings is 1. The lowest BCUT2D eigenvalue weighted by Gasteiger charge is -2.46. The summed E-state index contributed by atoms with van der Waals surface area (Å²) in [5, 5.41) is 25.3. The number of likely N-dealkylation sites (N-methyl/N-ethyl adjacent to an activating group) is 1. The van der Waals surface area contributed by atoms with Gasteiger partial charge in [0.2, 0.25) is 5.91 Å². The SMILES string of the molecule is C[N+]1(Cc2ccc(F)cc2)CCC[C@H](N(C(=O)Nc2ccc(OS(=O)(=O)c3ccc(-c4ccon4)s3)cc2)[C@@H](Cc2ccc(O)cc2)C(N)=O)C1.O=C([O-])C(F)(F)F. The van der Waals surface area contributed by atoms with E-state index >= 15 is 0 Å². The van der Waals surface area contributed by atoms with Crippen LogP contribution >= 0.6 is 11.3 Å². The largest absolute Gasteiger partial charge is 0.542 e. The number of rotatable bonds is 12. The van der Waals surface area contributed by atoms with E-state index in [1.165, 1.54) is 65.8 Å². The van der Waals surface area contributed by atoms with Gasteiger partial charge in [0.15, 0.2) is 4.21 Å². The highest BCUT2D eigenvalue weighted by molar-refractivity contribution is 7.89. The predicted molar refractivity (Wildman–Crippen MR) is 200 cm³/mol. The van der Waals surface area contributed by atoms with E-state index in [1.54, 1.807) is 36.4 Å². The van der Waals surface area contributed by atoms with Gasteiger partial charge in [0, 0.05) is 23.7 Å². The van der Waals surface area contributed by atoms with Gasteiger partial charge in [-0.05, 0) is 79.1 Å². The summed E-state index contributed by atoms with van der Waals surface area (Å²) in [6.07, 6.45) is -2.30. The molecule has 1 aliphatic heterocycles. The zero-order valence-electron chi connectivity index (χ0n) is 30.6. The molecule has 0 spiro atoms. The zero-order valence-corrected chi connectivity index (χ0v) is 32.2. The number of phenols is 1. The van der Waals surface area contributed by atoms with Crippen molar-refractivity contribution in [2.75, 3.05) is 25.5 Å². The zero-order chi connectivity index (χ0) is 42.3. The Bertz CT molecular complexity index is 2290. The first-order valence-corrected chi connectivity index (χ1v) is 19.6. The molecule has 1 aliphatic rings. The van der Waals surface area contributed by atoms with Gasteiger partial charge in [-0.1, -0.05) is 29.4 Å². The molecule has 1 unspecified atom stereocenters. The van der Waals surface area contributed by atoms with E-state index in [0.717, 1.165) is 29.9 Å². The van der Waals surface area contributed by atoms with Gasteiger partial charge in [-0.2, -0.15) is 21.6 Å². The van der Waals surface area contributed by atoms with Crippen molar-refractivity contribution in [3.63, 3.8) is 0 Å². The van der Waals surface area contributed by atoms with Crippen molar-refractivity contribution in [2.45, 2.75) is 48.3 Å². The number of anilines is 1. The number of carbonyl (C=O) groups excluding carboxylic acids is 3. The standard InChI is InChI=1S/C36H36FN5O7S2.C2HF3O2/c1-42(22-25-4-8-26(37)9-5-25)19-2-3-28(23-42)41(32(35(38)44)21-24-6-12-29(43)13-7-24)36(45)39-27-10-14-30(15-11-27)49-51(46,47)34-17-16-33(50-34)31-18-20-48-40-31;3-2(4,5)1(6)7/h4-18,20,28,32H,2-3,19,21-23H2,1H3,(H3-,38,39,43,44,45);(H,6,7)/t28-,32-,42?;/m0./s1. The van der Waals surface area contributed by atoms with Crippen molar-refractivity contribution >= 4 is 45.0 Å². The van der Waals surface area contributed by atoms with Crippen LogP contribution in [0.3, 0.4) is 0 Å². The van der Waals surface area contributed by atoms with Gasteiger partial charge in [-0.3, -0.25) is 4.79 Å². The van der Waals surface area contributed by atoms with E-state index in [2.05, 4.69) is 17.5 Å². The predicted octanol–water partition coefficient (Wildman–Crippen LogP) is 5.05. The number of likely N-dealkylation sites (tertiary alicyclic amines) is 1. The fourth-order valence-electron chi connectivity index (χ4n) is 6.44. The third-order valence-corrected chi connectivity index (χ3v) is 11.9. The molecule has 1 saturated heterocycles. The van der Waals surface area contributed by atoms with Gasteiger partial charge in [0.25, 0.3) is 0 Å². The number of phenolic OH excluding ortho intramolecular Hbond substituents is 1. The Hall–Kier alpha value is -5.99. The van der Waals surface area contributed by atoms with Crippen LogP contribution in [-0.4, -0.2) is 84.4 Å². The van der Waals surface area contributed by atoms with E-state index in [9.17, 15) is 40.7 Å². The number of nitrogens with one attached hydrogen (secondary N) is 1. The lowest BCUT2D eigenvalue weighted by molar-refractivity contribution is -0.928. The number of amides is 3. The minimum Gasteiger partial charge on any atom is -0.542 e. The number of hydrogen-bond acceptors (Lipinski definition) is 11. The quantitative estimate of drug-likeness (QED) is 0.0866. The molecule has 308 valence electrons. The van der Waals surface area contributed by atoms with Crippen LogP contribution in [0.15, 0.2) is 106 Å². The van der Waals surface area contributed by atoms with Crippen molar-refractivity contribution in [3.8, 4) is 22.1 Å². The number of carbonyl (C=O) groups is 3. The van der Waals surface area contributed by atoms with Gasteiger partial charge in [-0.25, -0.2) is 9.18 Å². The number of carboxylic acids is 1. The molecule has 5 aromatic rings. The summed E-state index contributed by atoms with van der Waals surface area (Å²) in [5.74, 6) is -3.92. The van der Waals surface area contributed by atoms with E-state index in [1.807, 2.05) is 0 Å². The van der Waals surface area contributed by atoms with Gasteiger partial charge in [0.1, 0.15) is 47.8 Å². The molecule has 0 saturated carbocycles. The highest BCUT2D eigenvalue weighted by Crippen LogP contribution is 2.32. The number of nitrogens with zero attached hydrogens (tertiary/aromatic N) is 3. The van der Waals surface area contributed by atoms with Gasteiger partial charge < -0.3 is 44.1 Å². The molecule has 0 bridgehead atoms. The van der Waals surface area contributed by atoms with Crippen molar-refractivity contribution in [1.29, 1.82) is 0 Å². The molecular formula is C38H37F4N5O9S2. The Morgan fingerprint density at radius 3 is 2.26 bits per heavy atom. The molecular weight excluding hydrogens is 811 g/mol. The van der Waals surface area contributed by atoms with Crippen molar-refractivity contribution in [3.05, 3.63) is 114 Å². The average Bonchev–Trinajstić information content (AvgIpc) is 3.88. The number of alkyl halides is 3. The fourth-order valence-corrected chi connectivity index (χ4v) is 8.60. The number of carboxylic acid groups (broad SMARTS) is 1. The maximum absolute atomic E-state index is 14.2. The van der Waals surface area contributed by atoms with E-state index in [0.29, 0.717) is 45.8 Å². The summed E-state index contributed by atoms with van der Waals surface area (Å²) in [6, 6.07) is 21.2. The molecule has 6 rings (SSSR count). The highest BCUT2D eigenvalue weighted by atomic mass is 32.3. The van der Waals surface area contributed by atoms with E-state index in [-0.39, 0.29) is 34.0 Å². The summed E-state index contributed by atoms with van der Waals surface area (Å²) >= 11 is 0.987. The molecule has 14 nitrogen and oxygen atoms in total. The first kappa shape index (κ1) is 43.1. The average molecular weight is 848 g/mol. The maximum Gasteiger partial charge on any atom is 0.430 e. The van der Waals surface area contributed by atoms with Gasteiger partial charge >= 0.3 is 22.3 Å². The van der Waals surface area contributed by atoms with Crippen LogP contribution in [0.5, 0.6) is 11.5 Å². The second-order valence-electron chi connectivity index (χ2n) is 13.6. The van der Waals surface area contributed by atoms with E-state index < -0.39 is 40.2 Å². The number of urea groups is 1. The Morgan fingerprint density at radius 1 is 1.03 bits per heavy atom. The molecule has 0 radical (unpaired) electrons. The second kappa shape index (κ2) is 18.1. The lowest BCUT2D eigenvalue weighted by atomic mass is 9.96. The monoisotopic (exact) mass is 847 g/mol. The number of hydrogen-bond donors (Lipinski definition) is 3. The molecule has 3 atom stereocenters. The molecule has 3 aromatic carbocycles. The lowest BCUT2D eigenvalue weighted by Crippen LogP contribution is -2.62. The highest BCUT2D eigenvalue weighted by Gasteiger charge is 2.41. The number of aromatic nitrogens is 1. The van der Waals surface area contributed by atoms with Crippen LogP contribution in [0.1, 0.15) is 24.0 Å². The minimum absolute atomic E-state index is 0.0167. The molecule has 58 heavy (non-hydrogen) atoms. The van der Waals surface area contributed by atoms with Crippen LogP contribution < -0.4 is 20.3 Å². The third kappa shape index (κ3) is 11.5. The Morgan fingerprint density at radius 2 is 1.67 bits per heavy atom. The summed E-state index contributed by atoms with van der Waals surface area (Å²) < 4.78 is 81.9. The number of halogens is 4. The summed E-state index contributed by atoms with van der Waals surface area (Å²) in [4.78, 5) is 38.2. The number of aromatic hydroxyl groups is 1. The number of piperidine rings is 1. The topological polar surface area (TPSA) is 205 Å². The summed E-state index contributed by atoms with van der Waals surface area (Å²) in [7, 11) is -2.09. The molecule has 4 N–H and O–H groups in total. The van der Waals surface area contributed by atoms with Crippen LogP contribution in [0.2, 0.25) is 0 Å². The number of quaternary nitrogens is 1. The first-order valence-electron chi connectivity index (χ1n) is 17.4. The maximum atomic E-state index is 14.2. The van der Waals surface area contributed by atoms with Crippen LogP contribution in [0, 0.1) is 5.82 Å². The van der Waals surface area contributed by atoms with Crippen LogP contribution in [0.4, 0.5) is 28.0 Å². The Labute approximate surface area is 333 Å². The number of aliphatic carboxylic acids is 1. The van der Waals surface area contributed by atoms with Gasteiger partial charge in [-0.15, -0.1) is 11.3 Å². The van der Waals surface area contributed by atoms with Gasteiger partial charge in [0.05, 0.1) is 31.1 Å². The molecule has 3 amide bonds.